The minimum absolute atomic E-state index is 0.324. The second-order valence-corrected chi connectivity index (χ2v) is 7.78. The normalized spacial score (nSPS) is 23.9. The van der Waals surface area contributed by atoms with Gasteiger partial charge in [-0.15, -0.1) is 0 Å². The first kappa shape index (κ1) is 18.2. The van der Waals surface area contributed by atoms with Gasteiger partial charge in [-0.3, -0.25) is 0 Å². The van der Waals surface area contributed by atoms with E-state index in [1.165, 1.54) is 12.0 Å². The van der Waals surface area contributed by atoms with Gasteiger partial charge in [0.25, 0.3) is 0 Å². The average Bonchev–Trinajstić information content (AvgIpc) is 3.13. The van der Waals surface area contributed by atoms with E-state index in [1.807, 2.05) is 12.1 Å². The summed E-state index contributed by atoms with van der Waals surface area (Å²) in [6.45, 7) is 7.25. The Bertz CT molecular complexity index is 608. The number of furan rings is 1. The van der Waals surface area contributed by atoms with E-state index in [9.17, 15) is 0 Å². The second-order valence-electron chi connectivity index (χ2n) is 7.78. The van der Waals surface area contributed by atoms with Crippen LogP contribution in [0.3, 0.4) is 0 Å². The van der Waals surface area contributed by atoms with Gasteiger partial charge in [0.05, 0.1) is 18.9 Å². The minimum atomic E-state index is 0.324. The molecule has 2 atom stereocenters. The van der Waals surface area contributed by atoms with Gasteiger partial charge < -0.3 is 14.5 Å². The molecule has 0 unspecified atom stereocenters. The van der Waals surface area contributed by atoms with Crippen LogP contribution in [0.5, 0.6) is 0 Å². The highest BCUT2D eigenvalue weighted by molar-refractivity contribution is 5.17. The third kappa shape index (κ3) is 5.20. The maximum absolute atomic E-state index is 6.06. The Morgan fingerprint density at radius 2 is 2.00 bits per heavy atom. The van der Waals surface area contributed by atoms with Crippen LogP contribution in [0.1, 0.15) is 44.4 Å². The number of benzene rings is 1. The molecule has 1 aliphatic heterocycles. The van der Waals surface area contributed by atoms with Gasteiger partial charge in [0, 0.05) is 6.61 Å². The van der Waals surface area contributed by atoms with Crippen molar-refractivity contribution in [3.8, 4) is 0 Å². The van der Waals surface area contributed by atoms with Crippen molar-refractivity contribution in [3.63, 3.8) is 0 Å². The molecule has 0 spiro atoms. The summed E-state index contributed by atoms with van der Waals surface area (Å²) in [5, 5.41) is 3.56. The van der Waals surface area contributed by atoms with E-state index in [-0.39, 0.29) is 0 Å². The smallest absolute Gasteiger partial charge is 0.117 e. The third-order valence-corrected chi connectivity index (χ3v) is 5.48. The number of nitrogens with one attached hydrogen (secondary N) is 1. The molecule has 2 aromatic rings. The number of hydrogen-bond donors (Lipinski definition) is 1. The molecule has 136 valence electrons. The van der Waals surface area contributed by atoms with Gasteiger partial charge in [-0.1, -0.05) is 44.2 Å². The molecular formula is C22H31NO2. The van der Waals surface area contributed by atoms with Gasteiger partial charge in [-0.05, 0) is 61.3 Å². The van der Waals surface area contributed by atoms with Crippen LogP contribution in [-0.2, 0) is 17.7 Å². The van der Waals surface area contributed by atoms with Crippen molar-refractivity contribution in [2.24, 2.45) is 11.3 Å². The van der Waals surface area contributed by atoms with E-state index in [4.69, 9.17) is 9.15 Å². The molecule has 1 aliphatic rings. The largest absolute Gasteiger partial charge is 0.468 e. The second kappa shape index (κ2) is 8.68. The van der Waals surface area contributed by atoms with Crippen LogP contribution in [0.2, 0.25) is 0 Å². The number of rotatable bonds is 8. The monoisotopic (exact) mass is 341 g/mol. The van der Waals surface area contributed by atoms with Crippen LogP contribution in [0, 0.1) is 11.3 Å². The summed E-state index contributed by atoms with van der Waals surface area (Å²) in [4.78, 5) is 0. The lowest BCUT2D eigenvalue weighted by Gasteiger charge is -2.43. The Morgan fingerprint density at radius 3 is 2.72 bits per heavy atom. The molecule has 1 saturated heterocycles. The molecule has 3 rings (SSSR count). The molecule has 0 aliphatic carbocycles. The third-order valence-electron chi connectivity index (χ3n) is 5.48. The zero-order chi connectivity index (χ0) is 17.5. The lowest BCUT2D eigenvalue weighted by molar-refractivity contribution is -0.0720. The summed E-state index contributed by atoms with van der Waals surface area (Å²) < 4.78 is 11.5. The average molecular weight is 341 g/mol. The molecule has 25 heavy (non-hydrogen) atoms. The first-order valence-corrected chi connectivity index (χ1v) is 9.55. The summed E-state index contributed by atoms with van der Waals surface area (Å²) in [5.74, 6) is 1.58. The topological polar surface area (TPSA) is 34.4 Å². The van der Waals surface area contributed by atoms with E-state index >= 15 is 0 Å². The summed E-state index contributed by atoms with van der Waals surface area (Å²) >= 11 is 0. The molecule has 2 heterocycles. The van der Waals surface area contributed by atoms with E-state index in [0.29, 0.717) is 17.4 Å². The summed E-state index contributed by atoms with van der Waals surface area (Å²) in [6.07, 6.45) is 6.73. The van der Waals surface area contributed by atoms with Crippen LogP contribution in [0.15, 0.2) is 53.1 Å². The van der Waals surface area contributed by atoms with Crippen molar-refractivity contribution < 1.29 is 9.15 Å². The van der Waals surface area contributed by atoms with Gasteiger partial charge in [0.1, 0.15) is 5.76 Å². The minimum Gasteiger partial charge on any atom is -0.468 e. The number of ether oxygens (including phenoxy) is 1. The van der Waals surface area contributed by atoms with Crippen LogP contribution in [-0.4, -0.2) is 19.3 Å². The zero-order valence-electron chi connectivity index (χ0n) is 15.5. The quantitative estimate of drug-likeness (QED) is 0.699. The van der Waals surface area contributed by atoms with E-state index < -0.39 is 0 Å². The molecule has 0 saturated carbocycles. The molecule has 0 bridgehead atoms. The SMILES string of the molecule is CC(C)[C@H]1C[C@@](CCNCc2ccco2)(Cc2ccccc2)CCO1. The van der Waals surface area contributed by atoms with Gasteiger partial charge in [0.15, 0.2) is 0 Å². The standard InChI is InChI=1S/C22H31NO2/c1-18(2)21-16-22(11-14-25-21,15-19-7-4-3-5-8-19)10-12-23-17-20-9-6-13-24-20/h3-9,13,18,21,23H,10-12,14-17H2,1-2H3/t21-,22-/m1/s1. The van der Waals surface area contributed by atoms with Crippen molar-refractivity contribution >= 4 is 0 Å². The summed E-state index contributed by atoms with van der Waals surface area (Å²) in [6, 6.07) is 14.9. The fraction of sp³-hybridized carbons (Fsp3) is 0.545. The molecule has 1 aromatic heterocycles. The zero-order valence-corrected chi connectivity index (χ0v) is 15.5. The molecular weight excluding hydrogens is 310 g/mol. The fourth-order valence-electron chi connectivity index (χ4n) is 3.93. The molecule has 3 nitrogen and oxygen atoms in total. The lowest BCUT2D eigenvalue weighted by atomic mass is 9.69. The fourth-order valence-corrected chi connectivity index (χ4v) is 3.93. The lowest BCUT2D eigenvalue weighted by Crippen LogP contribution is -2.41. The van der Waals surface area contributed by atoms with Crippen molar-refractivity contribution in [1.29, 1.82) is 0 Å². The Hall–Kier alpha value is -1.58. The van der Waals surface area contributed by atoms with Crippen LogP contribution >= 0.6 is 0 Å². The maximum Gasteiger partial charge on any atom is 0.117 e. The molecule has 1 N–H and O–H groups in total. The summed E-state index contributed by atoms with van der Waals surface area (Å²) in [7, 11) is 0. The van der Waals surface area contributed by atoms with Crippen molar-refractivity contribution in [2.45, 2.75) is 52.2 Å². The molecule has 0 radical (unpaired) electrons. The first-order valence-electron chi connectivity index (χ1n) is 9.55. The van der Waals surface area contributed by atoms with Crippen molar-refractivity contribution in [2.75, 3.05) is 13.2 Å². The van der Waals surface area contributed by atoms with Gasteiger partial charge in [-0.2, -0.15) is 0 Å². The highest BCUT2D eigenvalue weighted by Gasteiger charge is 2.37. The molecule has 3 heteroatoms. The predicted molar refractivity (Wildman–Crippen MR) is 101 cm³/mol. The molecule has 1 fully saturated rings. The van der Waals surface area contributed by atoms with Gasteiger partial charge in [-0.25, -0.2) is 0 Å². The van der Waals surface area contributed by atoms with Crippen molar-refractivity contribution in [3.05, 3.63) is 60.1 Å². The maximum atomic E-state index is 6.06. The molecule has 1 aromatic carbocycles. The van der Waals surface area contributed by atoms with Crippen LogP contribution < -0.4 is 5.32 Å². The Morgan fingerprint density at radius 1 is 1.16 bits per heavy atom. The van der Waals surface area contributed by atoms with Crippen molar-refractivity contribution in [1.82, 2.24) is 5.32 Å². The molecule has 0 amide bonds. The van der Waals surface area contributed by atoms with E-state index in [1.54, 1.807) is 6.26 Å². The Balaban J connectivity index is 1.63. The Kier molecular flexibility index (Phi) is 6.33. The highest BCUT2D eigenvalue weighted by atomic mass is 16.5. The first-order chi connectivity index (χ1) is 12.2. The Labute approximate surface area is 151 Å². The van der Waals surface area contributed by atoms with Crippen LogP contribution in [0.25, 0.3) is 0 Å². The summed E-state index contributed by atoms with van der Waals surface area (Å²) in [5.41, 5.74) is 1.77. The van der Waals surface area contributed by atoms with Gasteiger partial charge >= 0.3 is 0 Å². The van der Waals surface area contributed by atoms with Crippen LogP contribution in [0.4, 0.5) is 0 Å². The highest BCUT2D eigenvalue weighted by Crippen LogP contribution is 2.41. The number of hydrogen-bond acceptors (Lipinski definition) is 3. The van der Waals surface area contributed by atoms with Gasteiger partial charge in [0.2, 0.25) is 0 Å². The van der Waals surface area contributed by atoms with E-state index in [0.717, 1.165) is 44.7 Å². The predicted octanol–water partition coefficient (Wildman–Crippen LogP) is 4.82. The van der Waals surface area contributed by atoms with E-state index in [2.05, 4.69) is 49.5 Å².